The molecule has 0 radical (unpaired) electrons. The number of likely N-dealkylation sites (N-methyl/N-ethyl adjacent to an activating group) is 3. The number of amides is 1. The third-order valence-electron chi connectivity index (χ3n) is 2.75. The molecule has 0 rings (SSSR count). The molecule has 3 N–H and O–H groups in total. The number of aliphatic hydroxyl groups excluding tert-OH is 1. The summed E-state index contributed by atoms with van der Waals surface area (Å²) in [4.78, 5) is 17.0. The summed E-state index contributed by atoms with van der Waals surface area (Å²) in [6.07, 6.45) is -0.638. The molecule has 6 nitrogen and oxygen atoms in total. The minimum absolute atomic E-state index is 0.0286. The lowest BCUT2D eigenvalue weighted by molar-refractivity contribution is -0.120. The minimum Gasteiger partial charge on any atom is -0.391 e. The number of nitrogens with two attached hydrogens (primary N) is 1. The van der Waals surface area contributed by atoms with Crippen molar-refractivity contribution in [2.24, 2.45) is 5.73 Å². The predicted molar refractivity (Wildman–Crippen MR) is 73.4 cm³/mol. The maximum atomic E-state index is 10.6. The average Bonchev–Trinajstić information content (AvgIpc) is 2.22. The minimum atomic E-state index is -0.667. The molecule has 0 aromatic heterocycles. The summed E-state index contributed by atoms with van der Waals surface area (Å²) >= 11 is 0. The first kappa shape index (κ1) is 17.3. The molecule has 6 heteroatoms. The van der Waals surface area contributed by atoms with Gasteiger partial charge in [0.1, 0.15) is 0 Å². The lowest BCUT2D eigenvalue weighted by atomic mass is 10.2. The van der Waals surface area contributed by atoms with Crippen LogP contribution >= 0.6 is 0 Å². The highest BCUT2D eigenvalue weighted by Crippen LogP contribution is 1.95. The third-order valence-corrected chi connectivity index (χ3v) is 2.75. The molecular formula is C12H28N4O2. The van der Waals surface area contributed by atoms with Crippen molar-refractivity contribution in [1.82, 2.24) is 14.7 Å². The van der Waals surface area contributed by atoms with Crippen LogP contribution in [-0.4, -0.2) is 92.7 Å². The molecule has 0 saturated heterocycles. The zero-order valence-corrected chi connectivity index (χ0v) is 12.1. The second-order valence-corrected chi connectivity index (χ2v) is 5.19. The fourth-order valence-electron chi connectivity index (χ4n) is 1.57. The number of hydrogen-bond donors (Lipinski definition) is 2. The summed E-state index contributed by atoms with van der Waals surface area (Å²) in [7, 11) is 8.13. The van der Waals surface area contributed by atoms with Crippen molar-refractivity contribution in [2.75, 3.05) is 60.9 Å². The van der Waals surface area contributed by atoms with E-state index in [1.165, 1.54) is 0 Å². The SMILES string of the molecule is CN(C)CCN(C)CCN(C)CC(O)CC(N)=O. The van der Waals surface area contributed by atoms with Crippen molar-refractivity contribution >= 4 is 5.91 Å². The van der Waals surface area contributed by atoms with Gasteiger partial charge in [-0.15, -0.1) is 0 Å². The number of aliphatic hydroxyl groups is 1. The number of carbonyl (C=O) groups is 1. The van der Waals surface area contributed by atoms with E-state index in [0.717, 1.165) is 26.2 Å². The Balaban J connectivity index is 3.68. The number of rotatable bonds is 10. The zero-order chi connectivity index (χ0) is 14.1. The molecule has 0 aliphatic carbocycles. The largest absolute Gasteiger partial charge is 0.391 e. The Kier molecular flexibility index (Phi) is 8.91. The van der Waals surface area contributed by atoms with E-state index in [9.17, 15) is 9.90 Å². The van der Waals surface area contributed by atoms with E-state index < -0.39 is 12.0 Å². The topological polar surface area (TPSA) is 73.0 Å². The summed E-state index contributed by atoms with van der Waals surface area (Å²) in [6.45, 7) is 4.33. The summed E-state index contributed by atoms with van der Waals surface area (Å²) in [5.74, 6) is -0.459. The number of primary amides is 1. The van der Waals surface area contributed by atoms with E-state index >= 15 is 0 Å². The number of hydrogen-bond acceptors (Lipinski definition) is 5. The Labute approximate surface area is 110 Å². The Hall–Kier alpha value is -0.690. The van der Waals surface area contributed by atoms with Crippen LogP contribution in [0.25, 0.3) is 0 Å². The van der Waals surface area contributed by atoms with E-state index in [-0.39, 0.29) is 6.42 Å². The number of carbonyl (C=O) groups excluding carboxylic acids is 1. The van der Waals surface area contributed by atoms with Gasteiger partial charge >= 0.3 is 0 Å². The molecule has 0 aromatic rings. The van der Waals surface area contributed by atoms with Crippen LogP contribution in [0.4, 0.5) is 0 Å². The molecule has 0 heterocycles. The third kappa shape index (κ3) is 10.5. The Morgan fingerprint density at radius 1 is 1.06 bits per heavy atom. The Bertz CT molecular complexity index is 236. The second kappa shape index (κ2) is 9.27. The van der Waals surface area contributed by atoms with Gasteiger partial charge in [0.25, 0.3) is 0 Å². The molecule has 0 fully saturated rings. The van der Waals surface area contributed by atoms with E-state index in [4.69, 9.17) is 5.73 Å². The zero-order valence-electron chi connectivity index (χ0n) is 12.1. The van der Waals surface area contributed by atoms with Gasteiger partial charge in [-0.05, 0) is 28.2 Å². The van der Waals surface area contributed by atoms with E-state index in [0.29, 0.717) is 6.54 Å². The van der Waals surface area contributed by atoms with Crippen LogP contribution in [0.3, 0.4) is 0 Å². The van der Waals surface area contributed by atoms with Crippen LogP contribution in [0, 0.1) is 0 Å². The lowest BCUT2D eigenvalue weighted by Crippen LogP contribution is -2.38. The summed E-state index contributed by atoms with van der Waals surface area (Å²) < 4.78 is 0. The quantitative estimate of drug-likeness (QED) is 0.508. The Morgan fingerprint density at radius 3 is 2.06 bits per heavy atom. The smallest absolute Gasteiger partial charge is 0.220 e. The van der Waals surface area contributed by atoms with Gasteiger partial charge in [-0.1, -0.05) is 0 Å². The van der Waals surface area contributed by atoms with Gasteiger partial charge in [0.15, 0.2) is 0 Å². The number of nitrogens with zero attached hydrogens (tertiary/aromatic N) is 3. The fraction of sp³-hybridized carbons (Fsp3) is 0.917. The van der Waals surface area contributed by atoms with Gasteiger partial charge in [0, 0.05) is 32.7 Å². The van der Waals surface area contributed by atoms with Crippen molar-refractivity contribution in [3.8, 4) is 0 Å². The van der Waals surface area contributed by atoms with Crippen molar-refractivity contribution in [3.63, 3.8) is 0 Å². The van der Waals surface area contributed by atoms with Crippen LogP contribution in [0.2, 0.25) is 0 Å². The van der Waals surface area contributed by atoms with Crippen LogP contribution in [0.15, 0.2) is 0 Å². The normalized spacial score (nSPS) is 13.6. The fourth-order valence-corrected chi connectivity index (χ4v) is 1.57. The maximum Gasteiger partial charge on any atom is 0.220 e. The maximum absolute atomic E-state index is 10.6. The summed E-state index contributed by atoms with van der Waals surface area (Å²) in [6, 6.07) is 0. The first-order chi connectivity index (χ1) is 8.31. The Morgan fingerprint density at radius 2 is 1.56 bits per heavy atom. The van der Waals surface area contributed by atoms with Crippen LogP contribution < -0.4 is 5.73 Å². The molecule has 0 spiro atoms. The lowest BCUT2D eigenvalue weighted by Gasteiger charge is -2.24. The van der Waals surface area contributed by atoms with Crippen molar-refractivity contribution in [3.05, 3.63) is 0 Å². The van der Waals surface area contributed by atoms with Gasteiger partial charge in [-0.2, -0.15) is 0 Å². The van der Waals surface area contributed by atoms with Gasteiger partial charge in [-0.25, -0.2) is 0 Å². The van der Waals surface area contributed by atoms with Gasteiger partial charge in [0.05, 0.1) is 12.5 Å². The first-order valence-electron chi connectivity index (χ1n) is 6.29. The molecular weight excluding hydrogens is 232 g/mol. The van der Waals surface area contributed by atoms with Gasteiger partial charge in [0.2, 0.25) is 5.91 Å². The molecule has 1 atom stereocenters. The molecule has 0 aliphatic heterocycles. The van der Waals surface area contributed by atoms with Crippen LogP contribution in [-0.2, 0) is 4.79 Å². The molecule has 1 unspecified atom stereocenters. The molecule has 108 valence electrons. The first-order valence-corrected chi connectivity index (χ1v) is 6.29. The highest BCUT2D eigenvalue weighted by atomic mass is 16.3. The average molecular weight is 260 g/mol. The monoisotopic (exact) mass is 260 g/mol. The summed E-state index contributed by atoms with van der Waals surface area (Å²) in [5, 5.41) is 9.57. The van der Waals surface area contributed by atoms with Crippen LogP contribution in [0.1, 0.15) is 6.42 Å². The molecule has 0 saturated carbocycles. The van der Waals surface area contributed by atoms with E-state index in [1.807, 2.05) is 11.9 Å². The van der Waals surface area contributed by atoms with Crippen molar-refractivity contribution in [1.29, 1.82) is 0 Å². The molecule has 1 amide bonds. The second-order valence-electron chi connectivity index (χ2n) is 5.19. The van der Waals surface area contributed by atoms with Crippen molar-refractivity contribution < 1.29 is 9.90 Å². The van der Waals surface area contributed by atoms with Crippen LogP contribution in [0.5, 0.6) is 0 Å². The molecule has 18 heavy (non-hydrogen) atoms. The van der Waals surface area contributed by atoms with Gasteiger partial charge in [-0.3, -0.25) is 4.79 Å². The van der Waals surface area contributed by atoms with Crippen molar-refractivity contribution in [2.45, 2.75) is 12.5 Å². The molecule has 0 aromatic carbocycles. The predicted octanol–water partition coefficient (Wildman–Crippen LogP) is -1.35. The van der Waals surface area contributed by atoms with Gasteiger partial charge < -0.3 is 25.5 Å². The summed E-state index contributed by atoms with van der Waals surface area (Å²) in [5.41, 5.74) is 5.03. The molecule has 0 aliphatic rings. The standard InChI is InChI=1S/C12H28N4O2/c1-14(2)5-6-15(3)7-8-16(4)10-11(17)9-12(13)18/h11,17H,5-10H2,1-4H3,(H2,13,18). The highest BCUT2D eigenvalue weighted by Gasteiger charge is 2.11. The van der Waals surface area contributed by atoms with E-state index in [2.05, 4.69) is 30.9 Å². The van der Waals surface area contributed by atoms with E-state index in [1.54, 1.807) is 0 Å². The highest BCUT2D eigenvalue weighted by molar-refractivity contribution is 5.74. The molecule has 0 bridgehead atoms.